The molecule has 0 heterocycles. The lowest BCUT2D eigenvalue weighted by atomic mass is 10.0. The molecule has 10 heteroatoms. The number of likely N-dealkylation sites (N-methyl/N-ethyl adjacent to an activating group) is 1. The SMILES string of the molecule is CC/C=C/C=C/C=C\CCCCCCCC(=O)OC(/C=C\CCCCCCCCCCCCC)C(COP(=O)(O)OCC[N+](C)(C)C)NC(=O)CCCCCCCCCCCCCCCCCCCCCCCCCCCCC. The predicted molar refractivity (Wildman–Crippen MR) is 342 cm³/mol. The second kappa shape index (κ2) is 59.1. The lowest BCUT2D eigenvalue weighted by Gasteiger charge is -2.27. The molecule has 0 fully saturated rings. The standard InChI is InChI=1S/C69H131N2O7P/c1-7-10-13-16-19-22-25-28-29-30-31-32-33-34-35-36-37-38-39-40-41-44-46-49-52-55-58-61-68(72)70-66(65-77-79(74,75)76-64-63-71(4,5)6)67(60-57-54-51-48-45-42-26-23-20-17-14-11-8-2)78-69(73)62-59-56-53-50-47-43-27-24-21-18-15-12-9-3/h12,15,18,21,24,27,57,60,66-67H,7-11,13-14,16-17,19-20,22-23,25-26,28-56,58-59,61-65H2,1-6H3,(H-,70,72,74,75)/p+1/b15-12+,21-18+,27-24-,60-57-. The Kier molecular flexibility index (Phi) is 57.6. The molecular weight excluding hydrogens is 1000 g/mol. The Bertz CT molecular complexity index is 1490. The van der Waals surface area contributed by atoms with Crippen molar-refractivity contribution in [1.29, 1.82) is 0 Å². The smallest absolute Gasteiger partial charge is 0.456 e. The molecule has 0 radical (unpaired) electrons. The summed E-state index contributed by atoms with van der Waals surface area (Å²) in [5.74, 6) is -0.515. The molecule has 3 unspecified atom stereocenters. The monoisotopic (exact) mass is 1130 g/mol. The number of amides is 1. The number of phosphoric ester groups is 1. The van der Waals surface area contributed by atoms with Crippen molar-refractivity contribution >= 4 is 19.7 Å². The second-order valence-corrected chi connectivity index (χ2v) is 25.8. The van der Waals surface area contributed by atoms with Crippen LogP contribution in [-0.4, -0.2) is 74.3 Å². The van der Waals surface area contributed by atoms with Crippen molar-refractivity contribution in [2.24, 2.45) is 0 Å². The lowest BCUT2D eigenvalue weighted by molar-refractivity contribution is -0.870. The van der Waals surface area contributed by atoms with Gasteiger partial charge in [-0.05, 0) is 51.0 Å². The van der Waals surface area contributed by atoms with Crippen LogP contribution in [0.15, 0.2) is 48.6 Å². The van der Waals surface area contributed by atoms with Crippen LogP contribution in [0.3, 0.4) is 0 Å². The Balaban J connectivity index is 4.99. The third-order valence-corrected chi connectivity index (χ3v) is 16.3. The van der Waals surface area contributed by atoms with E-state index in [1.54, 1.807) is 0 Å². The predicted octanol–water partition coefficient (Wildman–Crippen LogP) is 21.2. The third kappa shape index (κ3) is 60.4. The maximum atomic E-state index is 13.6. The molecule has 0 aliphatic carbocycles. The Morgan fingerprint density at radius 2 is 0.810 bits per heavy atom. The molecular formula is C69H132N2O7P+. The van der Waals surface area contributed by atoms with Gasteiger partial charge in [0.1, 0.15) is 19.3 Å². The fourth-order valence-corrected chi connectivity index (χ4v) is 10.9. The largest absolute Gasteiger partial charge is 0.472 e. The Morgan fingerprint density at radius 1 is 0.456 bits per heavy atom. The number of esters is 1. The molecule has 0 aliphatic rings. The first kappa shape index (κ1) is 77.0. The van der Waals surface area contributed by atoms with E-state index in [-0.39, 0.29) is 31.5 Å². The van der Waals surface area contributed by atoms with E-state index in [9.17, 15) is 19.0 Å². The van der Waals surface area contributed by atoms with Gasteiger partial charge >= 0.3 is 13.8 Å². The molecule has 3 atom stereocenters. The van der Waals surface area contributed by atoms with Crippen LogP contribution in [0.2, 0.25) is 0 Å². The van der Waals surface area contributed by atoms with Gasteiger partial charge in [0.15, 0.2) is 0 Å². The van der Waals surface area contributed by atoms with Gasteiger partial charge in [0.2, 0.25) is 5.91 Å². The normalized spacial score (nSPS) is 13.9. The average molecular weight is 1130 g/mol. The van der Waals surface area contributed by atoms with Crippen molar-refractivity contribution in [3.05, 3.63) is 48.6 Å². The van der Waals surface area contributed by atoms with E-state index in [1.165, 1.54) is 212 Å². The molecule has 9 nitrogen and oxygen atoms in total. The number of quaternary nitrogens is 1. The molecule has 0 rings (SSSR count). The van der Waals surface area contributed by atoms with E-state index < -0.39 is 20.0 Å². The summed E-state index contributed by atoms with van der Waals surface area (Å²) in [6, 6.07) is -0.855. The van der Waals surface area contributed by atoms with Crippen molar-refractivity contribution in [2.75, 3.05) is 40.9 Å². The van der Waals surface area contributed by atoms with Crippen LogP contribution in [-0.2, 0) is 27.9 Å². The van der Waals surface area contributed by atoms with Gasteiger partial charge in [-0.25, -0.2) is 4.57 Å². The zero-order valence-electron chi connectivity index (χ0n) is 53.1. The minimum atomic E-state index is -4.45. The van der Waals surface area contributed by atoms with Crippen molar-refractivity contribution in [3.63, 3.8) is 0 Å². The summed E-state index contributed by atoms with van der Waals surface area (Å²) in [4.78, 5) is 37.8. The topological polar surface area (TPSA) is 111 Å². The minimum absolute atomic E-state index is 0.0379. The molecule has 464 valence electrons. The lowest BCUT2D eigenvalue weighted by Crippen LogP contribution is -2.47. The molecule has 0 saturated heterocycles. The van der Waals surface area contributed by atoms with Gasteiger partial charge in [0.25, 0.3) is 0 Å². The molecule has 0 aliphatic heterocycles. The number of nitrogens with zero attached hydrogens (tertiary/aromatic N) is 1. The average Bonchev–Trinajstić information content (AvgIpc) is 3.41. The fourth-order valence-electron chi connectivity index (χ4n) is 10.1. The van der Waals surface area contributed by atoms with Crippen molar-refractivity contribution in [1.82, 2.24) is 5.32 Å². The molecule has 2 N–H and O–H groups in total. The zero-order chi connectivity index (χ0) is 57.9. The van der Waals surface area contributed by atoms with E-state index in [2.05, 4.69) is 62.5 Å². The zero-order valence-corrected chi connectivity index (χ0v) is 54.0. The highest BCUT2D eigenvalue weighted by Gasteiger charge is 2.30. The van der Waals surface area contributed by atoms with Crippen molar-refractivity contribution in [2.45, 2.75) is 341 Å². The van der Waals surface area contributed by atoms with Gasteiger partial charge in [-0.15, -0.1) is 0 Å². The van der Waals surface area contributed by atoms with E-state index in [0.29, 0.717) is 17.4 Å². The Labute approximate surface area is 490 Å². The number of carbonyl (C=O) groups excluding carboxylic acids is 2. The van der Waals surface area contributed by atoms with Gasteiger partial charge in [-0.2, -0.15) is 0 Å². The number of ether oxygens (including phenoxy) is 1. The molecule has 1 amide bonds. The number of carbonyl (C=O) groups is 2. The first-order valence-electron chi connectivity index (χ1n) is 34.0. The van der Waals surface area contributed by atoms with Crippen LogP contribution in [0.25, 0.3) is 0 Å². The molecule has 0 saturated carbocycles. The number of nitrogens with one attached hydrogen (secondary N) is 1. The highest BCUT2D eigenvalue weighted by Crippen LogP contribution is 2.43. The summed E-state index contributed by atoms with van der Waals surface area (Å²) >= 11 is 0. The van der Waals surface area contributed by atoms with Crippen molar-refractivity contribution < 1.29 is 37.3 Å². The Morgan fingerprint density at radius 3 is 1.20 bits per heavy atom. The fraction of sp³-hybridized carbons (Fsp3) is 0.855. The van der Waals surface area contributed by atoms with Crippen LogP contribution in [0, 0.1) is 0 Å². The van der Waals surface area contributed by atoms with E-state index >= 15 is 0 Å². The van der Waals surface area contributed by atoms with Gasteiger partial charge < -0.3 is 19.4 Å². The van der Waals surface area contributed by atoms with Crippen LogP contribution in [0.4, 0.5) is 0 Å². The third-order valence-electron chi connectivity index (χ3n) is 15.3. The first-order chi connectivity index (χ1) is 38.4. The van der Waals surface area contributed by atoms with E-state index in [0.717, 1.165) is 83.5 Å². The number of unbranched alkanes of at least 4 members (excludes halogenated alkanes) is 42. The van der Waals surface area contributed by atoms with Crippen LogP contribution >= 0.6 is 7.82 Å². The van der Waals surface area contributed by atoms with E-state index in [1.807, 2.05) is 33.3 Å². The summed E-state index contributed by atoms with van der Waals surface area (Å²) in [6.45, 7) is 6.91. The molecule has 0 bridgehead atoms. The van der Waals surface area contributed by atoms with E-state index in [4.69, 9.17) is 13.8 Å². The quantitative estimate of drug-likeness (QED) is 0.0156. The van der Waals surface area contributed by atoms with Gasteiger partial charge in [-0.3, -0.25) is 18.6 Å². The summed E-state index contributed by atoms with van der Waals surface area (Å²) in [6.07, 6.45) is 74.2. The van der Waals surface area contributed by atoms with Gasteiger partial charge in [0, 0.05) is 12.8 Å². The maximum absolute atomic E-state index is 13.6. The number of allylic oxidation sites excluding steroid dienone is 7. The summed E-state index contributed by atoms with van der Waals surface area (Å²) in [5.41, 5.74) is 0. The highest BCUT2D eigenvalue weighted by molar-refractivity contribution is 7.47. The molecule has 0 spiro atoms. The summed E-state index contributed by atoms with van der Waals surface area (Å²) in [5, 5.41) is 3.06. The number of rotatable bonds is 62. The van der Waals surface area contributed by atoms with Gasteiger partial charge in [-0.1, -0.05) is 314 Å². The summed E-state index contributed by atoms with van der Waals surface area (Å²) in [7, 11) is 1.49. The van der Waals surface area contributed by atoms with Crippen LogP contribution < -0.4 is 5.32 Å². The number of hydrogen-bond donors (Lipinski definition) is 2. The van der Waals surface area contributed by atoms with Crippen molar-refractivity contribution in [3.8, 4) is 0 Å². The second-order valence-electron chi connectivity index (χ2n) is 24.4. The molecule has 0 aromatic carbocycles. The molecule has 0 aromatic heterocycles. The minimum Gasteiger partial charge on any atom is -0.456 e. The Hall–Kier alpha value is -2.03. The highest BCUT2D eigenvalue weighted by atomic mass is 31.2. The van der Waals surface area contributed by atoms with Crippen LogP contribution in [0.1, 0.15) is 329 Å². The summed E-state index contributed by atoms with van der Waals surface area (Å²) < 4.78 is 30.7. The molecule has 79 heavy (non-hydrogen) atoms. The number of hydrogen-bond acceptors (Lipinski definition) is 6. The van der Waals surface area contributed by atoms with Gasteiger partial charge in [0.05, 0.1) is 33.8 Å². The van der Waals surface area contributed by atoms with Crippen LogP contribution in [0.5, 0.6) is 0 Å². The number of phosphoric acid groups is 1. The molecule has 0 aromatic rings. The maximum Gasteiger partial charge on any atom is 0.472 e. The first-order valence-corrected chi connectivity index (χ1v) is 35.5.